The van der Waals surface area contributed by atoms with Gasteiger partial charge >= 0.3 is 7.60 Å². The molecule has 1 aromatic rings. The molecule has 6 heteroatoms. The Kier molecular flexibility index (Phi) is 5.17. The molecule has 0 aromatic heterocycles. The molecule has 0 aliphatic heterocycles. The van der Waals surface area contributed by atoms with E-state index in [4.69, 9.17) is 25.9 Å². The van der Waals surface area contributed by atoms with E-state index < -0.39 is 7.60 Å². The molecule has 1 rings (SSSR count). The van der Waals surface area contributed by atoms with Crippen LogP contribution in [-0.4, -0.2) is 13.2 Å². The Morgan fingerprint density at radius 1 is 1.35 bits per heavy atom. The molecule has 0 aliphatic carbocycles. The van der Waals surface area contributed by atoms with E-state index in [1.54, 1.807) is 19.9 Å². The van der Waals surface area contributed by atoms with Crippen molar-refractivity contribution in [2.45, 2.75) is 13.8 Å². The highest BCUT2D eigenvalue weighted by molar-refractivity contribution is 7.62. The number of nitrogens with zero attached hydrogens (tertiary/aromatic N) is 1. The van der Waals surface area contributed by atoms with Crippen LogP contribution in [0, 0.1) is 11.3 Å². The van der Waals surface area contributed by atoms with E-state index in [0.29, 0.717) is 10.3 Å². The smallest absolute Gasteiger partial charge is 0.305 e. The molecule has 0 unspecified atom stereocenters. The Hall–Kier alpha value is -0.850. The summed E-state index contributed by atoms with van der Waals surface area (Å²) >= 11 is 5.81. The zero-order valence-electron chi connectivity index (χ0n) is 9.64. The fourth-order valence-electron chi connectivity index (χ4n) is 1.30. The Balaban J connectivity index is 3.20. The molecule has 0 spiro atoms. The standard InChI is InChI=1S/C11H13ClNO3P/c1-3-15-17(14,16-4-2)10-5-6-11(12)9(7-10)8-13/h5-7H,3-4H2,1-2H3. The SMILES string of the molecule is CCOP(=O)(OCC)c1ccc(Cl)c(C#N)c1. The first-order chi connectivity index (χ1) is 8.07. The zero-order valence-corrected chi connectivity index (χ0v) is 11.3. The molecule has 0 radical (unpaired) electrons. The van der Waals surface area contributed by atoms with Gasteiger partial charge in [-0.25, -0.2) is 0 Å². The molecule has 0 atom stereocenters. The summed E-state index contributed by atoms with van der Waals surface area (Å²) in [6, 6.07) is 6.43. The largest absolute Gasteiger partial charge is 0.361 e. The first-order valence-electron chi connectivity index (χ1n) is 5.16. The predicted octanol–water partition coefficient (Wildman–Crippen LogP) is 3.10. The Morgan fingerprint density at radius 2 is 1.94 bits per heavy atom. The predicted molar refractivity (Wildman–Crippen MR) is 66.7 cm³/mol. The van der Waals surface area contributed by atoms with Crippen LogP contribution in [0.5, 0.6) is 0 Å². The van der Waals surface area contributed by atoms with Gasteiger partial charge in [-0.2, -0.15) is 5.26 Å². The second-order valence-corrected chi connectivity index (χ2v) is 5.54. The molecule has 0 bridgehead atoms. The third kappa shape index (κ3) is 3.31. The van der Waals surface area contributed by atoms with Crippen LogP contribution in [0.25, 0.3) is 0 Å². The maximum atomic E-state index is 12.4. The van der Waals surface area contributed by atoms with E-state index >= 15 is 0 Å². The number of hydrogen-bond acceptors (Lipinski definition) is 4. The molecule has 0 N–H and O–H groups in total. The summed E-state index contributed by atoms with van der Waals surface area (Å²) in [5.74, 6) is 0. The van der Waals surface area contributed by atoms with Crippen molar-refractivity contribution >= 4 is 24.5 Å². The lowest BCUT2D eigenvalue weighted by Gasteiger charge is -2.17. The highest BCUT2D eigenvalue weighted by Crippen LogP contribution is 2.47. The molecule has 1 aromatic carbocycles. The molecule has 17 heavy (non-hydrogen) atoms. The highest BCUT2D eigenvalue weighted by Gasteiger charge is 2.27. The van der Waals surface area contributed by atoms with E-state index in [2.05, 4.69) is 0 Å². The third-order valence-electron chi connectivity index (χ3n) is 1.98. The van der Waals surface area contributed by atoms with Crippen molar-refractivity contribution in [3.63, 3.8) is 0 Å². The third-order valence-corrected chi connectivity index (χ3v) is 4.42. The summed E-state index contributed by atoms with van der Waals surface area (Å²) in [6.45, 7) is 3.99. The topological polar surface area (TPSA) is 59.3 Å². The molecule has 0 aliphatic rings. The zero-order chi connectivity index (χ0) is 12.9. The van der Waals surface area contributed by atoms with Crippen LogP contribution < -0.4 is 5.30 Å². The maximum absolute atomic E-state index is 12.4. The van der Waals surface area contributed by atoms with Crippen molar-refractivity contribution in [1.82, 2.24) is 0 Å². The summed E-state index contributed by atoms with van der Waals surface area (Å²) in [4.78, 5) is 0. The number of benzene rings is 1. The fourth-order valence-corrected chi connectivity index (χ4v) is 3.05. The van der Waals surface area contributed by atoms with Crippen molar-refractivity contribution in [3.05, 3.63) is 28.8 Å². The molecule has 0 saturated heterocycles. The lowest BCUT2D eigenvalue weighted by molar-refractivity contribution is 0.230. The minimum atomic E-state index is -3.34. The van der Waals surface area contributed by atoms with Gasteiger partial charge in [0.2, 0.25) is 0 Å². The Labute approximate surface area is 106 Å². The molecule has 4 nitrogen and oxygen atoms in total. The first-order valence-corrected chi connectivity index (χ1v) is 7.08. The van der Waals surface area contributed by atoms with Gasteiger partial charge < -0.3 is 9.05 Å². The van der Waals surface area contributed by atoms with Crippen LogP contribution in [0.15, 0.2) is 18.2 Å². The Morgan fingerprint density at radius 3 is 2.41 bits per heavy atom. The van der Waals surface area contributed by atoms with Gasteiger partial charge in [0.15, 0.2) is 0 Å². The summed E-state index contributed by atoms with van der Waals surface area (Å²) in [5, 5.41) is 9.53. The average Bonchev–Trinajstić information content (AvgIpc) is 2.30. The van der Waals surface area contributed by atoms with Crippen LogP contribution in [0.1, 0.15) is 19.4 Å². The van der Waals surface area contributed by atoms with Gasteiger partial charge in [-0.05, 0) is 32.0 Å². The normalized spacial score (nSPS) is 11.2. The molecular weight excluding hydrogens is 261 g/mol. The van der Waals surface area contributed by atoms with Gasteiger partial charge in [-0.15, -0.1) is 0 Å². The minimum Gasteiger partial charge on any atom is -0.305 e. The van der Waals surface area contributed by atoms with Crippen LogP contribution >= 0.6 is 19.2 Å². The lowest BCUT2D eigenvalue weighted by atomic mass is 10.2. The van der Waals surface area contributed by atoms with Gasteiger partial charge in [-0.1, -0.05) is 11.6 Å². The monoisotopic (exact) mass is 273 g/mol. The lowest BCUT2D eigenvalue weighted by Crippen LogP contribution is -2.11. The molecule has 0 amide bonds. The molecule has 92 valence electrons. The van der Waals surface area contributed by atoms with Crippen LogP contribution in [0.2, 0.25) is 5.02 Å². The summed E-state index contributed by atoms with van der Waals surface area (Å²) in [5.41, 5.74) is 0.254. The highest BCUT2D eigenvalue weighted by atomic mass is 35.5. The van der Waals surface area contributed by atoms with E-state index in [9.17, 15) is 4.57 Å². The summed E-state index contributed by atoms with van der Waals surface area (Å²) in [7, 11) is -3.34. The van der Waals surface area contributed by atoms with Crippen LogP contribution in [0.4, 0.5) is 0 Å². The van der Waals surface area contributed by atoms with Gasteiger partial charge in [0.1, 0.15) is 6.07 Å². The second kappa shape index (κ2) is 6.18. The minimum absolute atomic E-state index is 0.254. The summed E-state index contributed by atoms with van der Waals surface area (Å²) in [6.07, 6.45) is 0. The summed E-state index contributed by atoms with van der Waals surface area (Å²) < 4.78 is 22.7. The van der Waals surface area contributed by atoms with Crippen molar-refractivity contribution in [2.24, 2.45) is 0 Å². The van der Waals surface area contributed by atoms with Gasteiger partial charge in [0.25, 0.3) is 0 Å². The molecule has 0 fully saturated rings. The number of hydrogen-bond donors (Lipinski definition) is 0. The second-order valence-electron chi connectivity index (χ2n) is 3.11. The van der Waals surface area contributed by atoms with Gasteiger partial charge in [0.05, 0.1) is 29.1 Å². The van der Waals surface area contributed by atoms with Crippen LogP contribution in [0.3, 0.4) is 0 Å². The fraction of sp³-hybridized carbons (Fsp3) is 0.364. The average molecular weight is 274 g/mol. The first kappa shape index (κ1) is 14.2. The van der Waals surface area contributed by atoms with Crippen molar-refractivity contribution in [1.29, 1.82) is 5.26 Å². The van der Waals surface area contributed by atoms with E-state index in [0.717, 1.165) is 0 Å². The quantitative estimate of drug-likeness (QED) is 0.774. The van der Waals surface area contributed by atoms with Gasteiger partial charge in [0, 0.05) is 0 Å². The number of halogens is 1. The van der Waals surface area contributed by atoms with E-state index in [1.165, 1.54) is 12.1 Å². The molecule has 0 saturated carbocycles. The van der Waals surface area contributed by atoms with Crippen molar-refractivity contribution in [3.8, 4) is 6.07 Å². The van der Waals surface area contributed by atoms with Crippen LogP contribution in [-0.2, 0) is 13.6 Å². The number of rotatable bonds is 5. The molecular formula is C11H13ClNO3P. The van der Waals surface area contributed by atoms with Crippen molar-refractivity contribution < 1.29 is 13.6 Å². The van der Waals surface area contributed by atoms with Crippen molar-refractivity contribution in [2.75, 3.05) is 13.2 Å². The van der Waals surface area contributed by atoms with Gasteiger partial charge in [-0.3, -0.25) is 4.57 Å². The maximum Gasteiger partial charge on any atom is 0.361 e. The number of nitriles is 1. The van der Waals surface area contributed by atoms with E-state index in [-0.39, 0.29) is 18.8 Å². The molecule has 0 heterocycles. The Bertz CT molecular complexity index is 474. The van der Waals surface area contributed by atoms with E-state index in [1.807, 2.05) is 6.07 Å².